The van der Waals surface area contributed by atoms with E-state index in [1.807, 2.05) is 13.8 Å². The molecule has 1 aliphatic rings. The average molecular weight is 533 g/mol. The largest absolute Gasteiger partial charge is 0.481 e. The van der Waals surface area contributed by atoms with Crippen LogP contribution < -0.4 is 20.3 Å². The predicted octanol–water partition coefficient (Wildman–Crippen LogP) is 4.35. The first-order valence-corrected chi connectivity index (χ1v) is 13.0. The SMILES string of the molecule is CCCCC(C(=O)NC(CC(=O)O)c1ccc2c(c1)OCO2)n1cc(C)cc(Cc2ccc(C=O)cc2)c1=O. The Balaban J connectivity index is 1.64. The minimum absolute atomic E-state index is 0.0771. The lowest BCUT2D eigenvalue weighted by Crippen LogP contribution is -2.40. The van der Waals surface area contributed by atoms with E-state index in [4.69, 9.17) is 9.47 Å². The first-order chi connectivity index (χ1) is 18.8. The standard InChI is InChI=1S/C30H32N2O7/c1-3-4-5-25(29(36)31-24(15-28(34)35)22-10-11-26-27(14-22)39-18-38-26)32-16-19(2)12-23(30(32)37)13-20-6-8-21(17-33)9-7-20/h6-12,14,16-17,24-25H,3-5,13,15,18H2,1-2H3,(H,31,36)(H,34,35). The van der Waals surface area contributed by atoms with Crippen molar-refractivity contribution in [1.29, 1.82) is 0 Å². The summed E-state index contributed by atoms with van der Waals surface area (Å²) < 4.78 is 12.2. The Bertz CT molecular complexity index is 1410. The molecule has 4 rings (SSSR count). The molecule has 3 aromatic rings. The van der Waals surface area contributed by atoms with E-state index in [9.17, 15) is 24.3 Å². The number of carbonyl (C=O) groups excluding carboxylic acids is 2. The lowest BCUT2D eigenvalue weighted by molar-refractivity contribution is -0.138. The molecule has 0 bridgehead atoms. The number of fused-ring (bicyclic) bond motifs is 1. The molecule has 9 nitrogen and oxygen atoms in total. The average Bonchev–Trinajstić information content (AvgIpc) is 3.39. The van der Waals surface area contributed by atoms with E-state index in [0.717, 1.165) is 23.8 Å². The number of pyridine rings is 1. The second kappa shape index (κ2) is 12.4. The van der Waals surface area contributed by atoms with E-state index in [0.29, 0.717) is 47.5 Å². The smallest absolute Gasteiger partial charge is 0.305 e. The molecule has 9 heteroatoms. The molecule has 2 unspecified atom stereocenters. The van der Waals surface area contributed by atoms with Crippen LogP contribution in [0.25, 0.3) is 0 Å². The third kappa shape index (κ3) is 6.73. The minimum atomic E-state index is -1.07. The normalized spacial score (nSPS) is 13.5. The van der Waals surface area contributed by atoms with Crippen LogP contribution in [0.1, 0.15) is 77.3 Å². The van der Waals surface area contributed by atoms with Gasteiger partial charge in [-0.1, -0.05) is 50.1 Å². The molecule has 0 fully saturated rings. The molecule has 0 saturated heterocycles. The van der Waals surface area contributed by atoms with Crippen LogP contribution >= 0.6 is 0 Å². The van der Waals surface area contributed by atoms with Crippen molar-refractivity contribution in [2.75, 3.05) is 6.79 Å². The Morgan fingerprint density at radius 2 is 1.85 bits per heavy atom. The van der Waals surface area contributed by atoms with E-state index < -0.39 is 24.0 Å². The molecule has 0 radical (unpaired) electrons. The number of hydrogen-bond donors (Lipinski definition) is 2. The van der Waals surface area contributed by atoms with Crippen LogP contribution in [0.3, 0.4) is 0 Å². The van der Waals surface area contributed by atoms with Crippen LogP contribution in [0.15, 0.2) is 59.5 Å². The summed E-state index contributed by atoms with van der Waals surface area (Å²) in [6, 6.07) is 12.2. The van der Waals surface area contributed by atoms with Crippen LogP contribution in [-0.2, 0) is 16.0 Å². The Labute approximate surface area is 226 Å². The van der Waals surface area contributed by atoms with Gasteiger partial charge in [0.2, 0.25) is 12.7 Å². The number of ether oxygens (including phenoxy) is 2. The summed E-state index contributed by atoms with van der Waals surface area (Å²) in [7, 11) is 0. The number of carbonyl (C=O) groups is 3. The zero-order valence-corrected chi connectivity index (χ0v) is 22.0. The zero-order valence-electron chi connectivity index (χ0n) is 22.0. The maximum Gasteiger partial charge on any atom is 0.305 e. The number of aliphatic carboxylic acids is 1. The molecule has 2 N–H and O–H groups in total. The summed E-state index contributed by atoms with van der Waals surface area (Å²) in [4.78, 5) is 50.0. The Hall–Kier alpha value is -4.40. The van der Waals surface area contributed by atoms with E-state index in [1.54, 1.807) is 54.7 Å². The fraction of sp³-hybridized carbons (Fsp3) is 0.333. The molecule has 2 aromatic carbocycles. The van der Waals surface area contributed by atoms with Crippen molar-refractivity contribution in [3.05, 3.63) is 92.9 Å². The molecule has 0 aliphatic carbocycles. The Kier molecular flexibility index (Phi) is 8.81. The summed E-state index contributed by atoms with van der Waals surface area (Å²) in [6.45, 7) is 3.94. The number of hydrogen-bond acceptors (Lipinski definition) is 6. The van der Waals surface area contributed by atoms with Crippen LogP contribution in [0.4, 0.5) is 0 Å². The molecule has 0 saturated carbocycles. The van der Waals surface area contributed by atoms with Gasteiger partial charge < -0.3 is 24.5 Å². The molecular formula is C30H32N2O7. The minimum Gasteiger partial charge on any atom is -0.481 e. The second-order valence-corrected chi connectivity index (χ2v) is 9.72. The highest BCUT2D eigenvalue weighted by Crippen LogP contribution is 2.35. The summed E-state index contributed by atoms with van der Waals surface area (Å²) in [6.07, 6.45) is 4.39. The highest BCUT2D eigenvalue weighted by molar-refractivity contribution is 5.81. The highest BCUT2D eigenvalue weighted by atomic mass is 16.7. The quantitative estimate of drug-likeness (QED) is 0.332. The van der Waals surface area contributed by atoms with Gasteiger partial charge in [-0.25, -0.2) is 0 Å². The number of nitrogens with one attached hydrogen (secondary N) is 1. The number of carboxylic acid groups (broad SMARTS) is 1. The van der Waals surface area contributed by atoms with E-state index in [1.165, 1.54) is 4.57 Å². The van der Waals surface area contributed by atoms with Crippen LogP contribution in [0.5, 0.6) is 11.5 Å². The van der Waals surface area contributed by atoms with Crippen LogP contribution in [0.2, 0.25) is 0 Å². The molecule has 1 aliphatic heterocycles. The summed E-state index contributed by atoms with van der Waals surface area (Å²) in [5.74, 6) is -0.458. The first kappa shape index (κ1) is 27.6. The fourth-order valence-electron chi connectivity index (χ4n) is 4.73. The predicted molar refractivity (Wildman–Crippen MR) is 144 cm³/mol. The number of unbranched alkanes of at least 4 members (excludes halogenated alkanes) is 1. The van der Waals surface area contributed by atoms with Gasteiger partial charge in [0.15, 0.2) is 11.5 Å². The lowest BCUT2D eigenvalue weighted by Gasteiger charge is -2.24. The lowest BCUT2D eigenvalue weighted by atomic mass is 10.0. The molecule has 204 valence electrons. The summed E-state index contributed by atoms with van der Waals surface area (Å²) in [5.41, 5.74) is 3.06. The van der Waals surface area contributed by atoms with Crippen LogP contribution in [0, 0.1) is 6.92 Å². The van der Waals surface area contributed by atoms with Gasteiger partial charge in [0.05, 0.1) is 12.5 Å². The van der Waals surface area contributed by atoms with Gasteiger partial charge in [0.25, 0.3) is 5.56 Å². The van der Waals surface area contributed by atoms with Gasteiger partial charge in [-0.3, -0.25) is 19.2 Å². The number of benzene rings is 2. The number of carboxylic acids is 1. The Morgan fingerprint density at radius 3 is 2.54 bits per heavy atom. The molecule has 2 heterocycles. The van der Waals surface area contributed by atoms with Crippen molar-refractivity contribution < 1.29 is 29.0 Å². The van der Waals surface area contributed by atoms with Crippen molar-refractivity contribution in [3.8, 4) is 11.5 Å². The third-order valence-corrected chi connectivity index (χ3v) is 6.73. The number of aryl methyl sites for hydroxylation is 1. The summed E-state index contributed by atoms with van der Waals surface area (Å²) in [5, 5.41) is 12.4. The van der Waals surface area contributed by atoms with Crippen molar-refractivity contribution in [3.63, 3.8) is 0 Å². The molecule has 1 aromatic heterocycles. The monoisotopic (exact) mass is 532 g/mol. The van der Waals surface area contributed by atoms with Crippen molar-refractivity contribution in [1.82, 2.24) is 9.88 Å². The van der Waals surface area contributed by atoms with Gasteiger partial charge in [-0.2, -0.15) is 0 Å². The fourth-order valence-corrected chi connectivity index (χ4v) is 4.73. The summed E-state index contributed by atoms with van der Waals surface area (Å²) >= 11 is 0. The number of nitrogens with zero attached hydrogens (tertiary/aromatic N) is 1. The molecule has 2 atom stereocenters. The van der Waals surface area contributed by atoms with Gasteiger partial charge >= 0.3 is 5.97 Å². The van der Waals surface area contributed by atoms with E-state index in [-0.39, 0.29) is 18.8 Å². The number of amides is 1. The van der Waals surface area contributed by atoms with Gasteiger partial charge in [-0.15, -0.1) is 0 Å². The zero-order chi connectivity index (χ0) is 27.9. The van der Waals surface area contributed by atoms with Crippen molar-refractivity contribution >= 4 is 18.2 Å². The van der Waals surface area contributed by atoms with E-state index in [2.05, 4.69) is 5.32 Å². The maximum atomic E-state index is 13.7. The third-order valence-electron chi connectivity index (χ3n) is 6.73. The number of aromatic nitrogens is 1. The van der Waals surface area contributed by atoms with Crippen molar-refractivity contribution in [2.24, 2.45) is 0 Å². The maximum absolute atomic E-state index is 13.7. The topological polar surface area (TPSA) is 124 Å². The number of rotatable bonds is 12. The highest BCUT2D eigenvalue weighted by Gasteiger charge is 2.27. The van der Waals surface area contributed by atoms with Crippen LogP contribution in [-0.4, -0.2) is 34.6 Å². The van der Waals surface area contributed by atoms with E-state index >= 15 is 0 Å². The second-order valence-electron chi connectivity index (χ2n) is 9.72. The van der Waals surface area contributed by atoms with Gasteiger partial charge in [-0.05, 0) is 48.2 Å². The molecule has 0 spiro atoms. The number of aldehydes is 1. The molecule has 1 amide bonds. The Morgan fingerprint density at radius 1 is 1.10 bits per heavy atom. The van der Waals surface area contributed by atoms with Gasteiger partial charge in [0, 0.05) is 23.7 Å². The van der Waals surface area contributed by atoms with Crippen molar-refractivity contribution in [2.45, 2.75) is 58.0 Å². The first-order valence-electron chi connectivity index (χ1n) is 13.0. The molecular weight excluding hydrogens is 500 g/mol. The molecule has 39 heavy (non-hydrogen) atoms. The van der Waals surface area contributed by atoms with Gasteiger partial charge in [0.1, 0.15) is 12.3 Å².